The maximum Gasteiger partial charge on any atom is 0.191 e. The predicted octanol–water partition coefficient (Wildman–Crippen LogP) is 3.83. The maximum atomic E-state index is 5.80. The molecule has 0 atom stereocenters. The summed E-state index contributed by atoms with van der Waals surface area (Å²) in [4.78, 5) is 5.61. The Balaban J connectivity index is 0.00000364. The van der Waals surface area contributed by atoms with Crippen LogP contribution in [0.3, 0.4) is 0 Å². The van der Waals surface area contributed by atoms with Crippen molar-refractivity contribution in [3.63, 3.8) is 0 Å². The predicted molar refractivity (Wildman–Crippen MR) is 126 cm³/mol. The fourth-order valence-corrected chi connectivity index (χ4v) is 3.65. The van der Waals surface area contributed by atoms with Crippen molar-refractivity contribution in [2.45, 2.75) is 37.6 Å². The standard InChI is InChI=1S/C20H33N3O2S.HI/c1-16-5-6-18(19(13-16)26-3)14-23-20(21-2)22-9-4-10-25-15-17-7-11-24-12-8-17;/h5-6,13,17H,4,7-12,14-15H2,1-3H3,(H2,21,22,23);1H. The van der Waals surface area contributed by atoms with E-state index in [1.54, 1.807) is 11.8 Å². The Labute approximate surface area is 185 Å². The van der Waals surface area contributed by atoms with Gasteiger partial charge in [0.15, 0.2) is 5.96 Å². The Kier molecular flexibility index (Phi) is 13.2. The van der Waals surface area contributed by atoms with E-state index in [0.717, 1.165) is 64.7 Å². The average Bonchev–Trinajstić information content (AvgIpc) is 2.68. The van der Waals surface area contributed by atoms with Gasteiger partial charge in [-0.3, -0.25) is 4.99 Å². The molecule has 0 radical (unpaired) electrons. The van der Waals surface area contributed by atoms with E-state index < -0.39 is 0 Å². The molecule has 0 spiro atoms. The van der Waals surface area contributed by atoms with Gasteiger partial charge in [-0.15, -0.1) is 35.7 Å². The molecular weight excluding hydrogens is 473 g/mol. The summed E-state index contributed by atoms with van der Waals surface area (Å²) in [5.74, 6) is 1.51. The van der Waals surface area contributed by atoms with Crippen molar-refractivity contribution in [2.24, 2.45) is 10.9 Å². The number of guanidine groups is 1. The lowest BCUT2D eigenvalue weighted by Crippen LogP contribution is -2.37. The van der Waals surface area contributed by atoms with Crippen LogP contribution in [0.25, 0.3) is 0 Å². The summed E-state index contributed by atoms with van der Waals surface area (Å²) in [6.07, 6.45) is 5.36. The number of ether oxygens (including phenoxy) is 2. The highest BCUT2D eigenvalue weighted by Gasteiger charge is 2.13. The third-order valence-corrected chi connectivity index (χ3v) is 5.38. The third kappa shape index (κ3) is 9.49. The van der Waals surface area contributed by atoms with Crippen molar-refractivity contribution in [3.8, 4) is 0 Å². The van der Waals surface area contributed by atoms with Crippen molar-refractivity contribution in [1.29, 1.82) is 0 Å². The quantitative estimate of drug-likeness (QED) is 0.175. The molecule has 0 saturated carbocycles. The van der Waals surface area contributed by atoms with Gasteiger partial charge < -0.3 is 20.1 Å². The highest BCUT2D eigenvalue weighted by Crippen LogP contribution is 2.21. The Hall–Kier alpha value is -0.510. The molecule has 1 heterocycles. The molecule has 0 amide bonds. The van der Waals surface area contributed by atoms with Crippen LogP contribution in [0.5, 0.6) is 0 Å². The minimum absolute atomic E-state index is 0. The first-order valence-electron chi connectivity index (χ1n) is 9.46. The molecule has 27 heavy (non-hydrogen) atoms. The molecule has 2 rings (SSSR count). The van der Waals surface area contributed by atoms with Crippen molar-refractivity contribution in [3.05, 3.63) is 29.3 Å². The van der Waals surface area contributed by atoms with E-state index in [1.165, 1.54) is 16.0 Å². The average molecular weight is 507 g/mol. The van der Waals surface area contributed by atoms with Crippen LogP contribution in [0, 0.1) is 12.8 Å². The molecule has 154 valence electrons. The van der Waals surface area contributed by atoms with E-state index in [0.29, 0.717) is 5.92 Å². The Morgan fingerprint density at radius 2 is 2.07 bits per heavy atom. The number of nitrogens with zero attached hydrogens (tertiary/aromatic N) is 1. The second kappa shape index (κ2) is 14.5. The monoisotopic (exact) mass is 507 g/mol. The summed E-state index contributed by atoms with van der Waals surface area (Å²) in [6.45, 7) is 7.18. The van der Waals surface area contributed by atoms with Gasteiger partial charge >= 0.3 is 0 Å². The minimum Gasteiger partial charge on any atom is -0.381 e. The summed E-state index contributed by atoms with van der Waals surface area (Å²) >= 11 is 1.78. The van der Waals surface area contributed by atoms with E-state index in [9.17, 15) is 0 Å². The Morgan fingerprint density at radius 3 is 2.78 bits per heavy atom. The Bertz CT molecular complexity index is 566. The van der Waals surface area contributed by atoms with E-state index >= 15 is 0 Å². The number of aryl methyl sites for hydroxylation is 1. The molecule has 1 aliphatic heterocycles. The van der Waals surface area contributed by atoms with Gasteiger partial charge in [0, 0.05) is 51.5 Å². The van der Waals surface area contributed by atoms with Gasteiger partial charge in [-0.25, -0.2) is 0 Å². The van der Waals surface area contributed by atoms with Crippen LogP contribution in [0.2, 0.25) is 0 Å². The van der Waals surface area contributed by atoms with Gasteiger partial charge in [0.25, 0.3) is 0 Å². The van der Waals surface area contributed by atoms with E-state index in [2.05, 4.69) is 47.0 Å². The van der Waals surface area contributed by atoms with Gasteiger partial charge in [0.1, 0.15) is 0 Å². The largest absolute Gasteiger partial charge is 0.381 e. The molecule has 7 heteroatoms. The van der Waals surface area contributed by atoms with E-state index in [4.69, 9.17) is 9.47 Å². The van der Waals surface area contributed by atoms with Crippen LogP contribution in [0.1, 0.15) is 30.4 Å². The summed E-state index contributed by atoms with van der Waals surface area (Å²) in [6, 6.07) is 6.57. The molecule has 1 aliphatic rings. The molecule has 1 aromatic carbocycles. The molecule has 0 unspecified atom stereocenters. The first-order chi connectivity index (χ1) is 12.7. The van der Waals surface area contributed by atoms with Crippen molar-refractivity contribution >= 4 is 41.7 Å². The molecule has 1 saturated heterocycles. The van der Waals surface area contributed by atoms with Gasteiger partial charge in [0.05, 0.1) is 0 Å². The van der Waals surface area contributed by atoms with Crippen molar-refractivity contribution in [2.75, 3.05) is 46.3 Å². The number of rotatable bonds is 9. The molecule has 0 aliphatic carbocycles. The second-order valence-electron chi connectivity index (χ2n) is 6.65. The Morgan fingerprint density at radius 1 is 1.30 bits per heavy atom. The normalized spacial score (nSPS) is 15.3. The van der Waals surface area contributed by atoms with Gasteiger partial charge in [-0.1, -0.05) is 12.1 Å². The number of aliphatic imine (C=N–C) groups is 1. The first-order valence-corrected chi connectivity index (χ1v) is 10.7. The smallest absolute Gasteiger partial charge is 0.191 e. The molecular formula is C20H34IN3O2S. The van der Waals surface area contributed by atoms with Crippen LogP contribution in [-0.2, 0) is 16.0 Å². The molecule has 0 aromatic heterocycles. The second-order valence-corrected chi connectivity index (χ2v) is 7.50. The van der Waals surface area contributed by atoms with Crippen LogP contribution in [0.15, 0.2) is 28.1 Å². The zero-order valence-electron chi connectivity index (χ0n) is 16.8. The number of nitrogens with one attached hydrogen (secondary N) is 2. The fraction of sp³-hybridized carbons (Fsp3) is 0.650. The lowest BCUT2D eigenvalue weighted by atomic mass is 10.0. The molecule has 1 fully saturated rings. The first kappa shape index (κ1) is 24.5. The minimum atomic E-state index is 0. The number of thioether (sulfide) groups is 1. The van der Waals surface area contributed by atoms with E-state index in [-0.39, 0.29) is 24.0 Å². The van der Waals surface area contributed by atoms with Gasteiger partial charge in [-0.05, 0) is 55.6 Å². The summed E-state index contributed by atoms with van der Waals surface area (Å²) in [7, 11) is 1.81. The van der Waals surface area contributed by atoms with Gasteiger partial charge in [0.2, 0.25) is 0 Å². The van der Waals surface area contributed by atoms with E-state index in [1.807, 2.05) is 7.05 Å². The van der Waals surface area contributed by atoms with Crippen molar-refractivity contribution < 1.29 is 9.47 Å². The number of hydrogen-bond acceptors (Lipinski definition) is 4. The highest BCUT2D eigenvalue weighted by molar-refractivity contribution is 14.0. The SMILES string of the molecule is CN=C(NCCCOCC1CCOCC1)NCc1ccc(C)cc1SC.I. The number of hydrogen-bond donors (Lipinski definition) is 2. The summed E-state index contributed by atoms with van der Waals surface area (Å²) in [5, 5.41) is 6.75. The lowest BCUT2D eigenvalue weighted by molar-refractivity contribution is 0.0203. The van der Waals surface area contributed by atoms with Gasteiger partial charge in [-0.2, -0.15) is 0 Å². The highest BCUT2D eigenvalue weighted by atomic mass is 127. The molecule has 1 aromatic rings. The summed E-state index contributed by atoms with van der Waals surface area (Å²) in [5.41, 5.74) is 2.59. The van der Waals surface area contributed by atoms with Crippen LogP contribution < -0.4 is 10.6 Å². The number of halogens is 1. The maximum absolute atomic E-state index is 5.80. The topological polar surface area (TPSA) is 54.9 Å². The van der Waals surface area contributed by atoms with Crippen LogP contribution in [-0.4, -0.2) is 52.2 Å². The lowest BCUT2D eigenvalue weighted by Gasteiger charge is -2.21. The van der Waals surface area contributed by atoms with Crippen LogP contribution >= 0.6 is 35.7 Å². The zero-order valence-corrected chi connectivity index (χ0v) is 19.9. The fourth-order valence-electron chi connectivity index (χ4n) is 2.94. The van der Waals surface area contributed by atoms with Crippen LogP contribution in [0.4, 0.5) is 0 Å². The third-order valence-electron chi connectivity index (χ3n) is 4.56. The molecule has 2 N–H and O–H groups in total. The molecule has 0 bridgehead atoms. The molecule has 5 nitrogen and oxygen atoms in total. The van der Waals surface area contributed by atoms with Crippen molar-refractivity contribution in [1.82, 2.24) is 10.6 Å². The number of benzene rings is 1. The zero-order chi connectivity index (χ0) is 18.6. The summed E-state index contributed by atoms with van der Waals surface area (Å²) < 4.78 is 11.2.